The zero-order valence-electron chi connectivity index (χ0n) is 10.7. The van der Waals surface area contributed by atoms with Crippen molar-refractivity contribution in [3.05, 3.63) is 0 Å². The number of nitrogens with zero attached hydrogens (tertiary/aromatic N) is 1. The second kappa shape index (κ2) is 6.36. The van der Waals surface area contributed by atoms with E-state index in [2.05, 4.69) is 10.2 Å². The zero-order chi connectivity index (χ0) is 12.1. The lowest BCUT2D eigenvalue weighted by atomic mass is 9.98. The summed E-state index contributed by atoms with van der Waals surface area (Å²) in [5, 5.41) is 3.15. The van der Waals surface area contributed by atoms with Gasteiger partial charge in [0.05, 0.1) is 6.54 Å². The largest absolute Gasteiger partial charge is 0.352 e. The highest BCUT2D eigenvalue weighted by Gasteiger charge is 2.22. The molecule has 1 unspecified atom stereocenters. The predicted octanol–water partition coefficient (Wildman–Crippen LogP) is 0.716. The van der Waals surface area contributed by atoms with E-state index < -0.39 is 0 Å². The van der Waals surface area contributed by atoms with Gasteiger partial charge in [-0.1, -0.05) is 12.8 Å². The first-order valence-electron chi connectivity index (χ1n) is 6.99. The molecule has 0 aromatic heterocycles. The minimum absolute atomic E-state index is 0.203. The molecule has 1 aliphatic heterocycles. The highest BCUT2D eigenvalue weighted by Crippen LogP contribution is 2.18. The number of carbonyl (C=O) groups excluding carboxylic acids is 1. The summed E-state index contributed by atoms with van der Waals surface area (Å²) < 4.78 is 0. The number of likely N-dealkylation sites (tertiary alicyclic amines) is 1. The van der Waals surface area contributed by atoms with Crippen LogP contribution in [0, 0.1) is 5.92 Å². The van der Waals surface area contributed by atoms with Gasteiger partial charge in [0.2, 0.25) is 5.91 Å². The summed E-state index contributed by atoms with van der Waals surface area (Å²) in [7, 11) is 0. The van der Waals surface area contributed by atoms with Crippen LogP contribution in [0.2, 0.25) is 0 Å². The van der Waals surface area contributed by atoms with Crippen LogP contribution in [0.3, 0.4) is 0 Å². The molecule has 98 valence electrons. The van der Waals surface area contributed by atoms with Gasteiger partial charge in [0, 0.05) is 12.6 Å². The Labute approximate surface area is 104 Å². The first kappa shape index (κ1) is 12.8. The normalized spacial score (nSPS) is 27.2. The van der Waals surface area contributed by atoms with Crippen molar-refractivity contribution in [3.8, 4) is 0 Å². The summed E-state index contributed by atoms with van der Waals surface area (Å²) in [6.45, 7) is 3.36. The van der Waals surface area contributed by atoms with Gasteiger partial charge in [0.1, 0.15) is 0 Å². The van der Waals surface area contributed by atoms with Crippen molar-refractivity contribution in [3.63, 3.8) is 0 Å². The Balaban J connectivity index is 1.70. The fourth-order valence-electron chi connectivity index (χ4n) is 3.03. The van der Waals surface area contributed by atoms with Gasteiger partial charge in [-0.15, -0.1) is 0 Å². The van der Waals surface area contributed by atoms with E-state index >= 15 is 0 Å². The van der Waals surface area contributed by atoms with Gasteiger partial charge in [-0.3, -0.25) is 9.69 Å². The fraction of sp³-hybridized carbons (Fsp3) is 0.923. The highest BCUT2D eigenvalue weighted by atomic mass is 16.2. The molecule has 0 aromatic carbocycles. The van der Waals surface area contributed by atoms with Crippen LogP contribution >= 0.6 is 0 Å². The van der Waals surface area contributed by atoms with Crippen molar-refractivity contribution >= 4 is 5.91 Å². The van der Waals surface area contributed by atoms with E-state index in [-0.39, 0.29) is 5.91 Å². The zero-order valence-corrected chi connectivity index (χ0v) is 10.7. The number of hydrogen-bond acceptors (Lipinski definition) is 3. The van der Waals surface area contributed by atoms with Crippen LogP contribution in [0.25, 0.3) is 0 Å². The van der Waals surface area contributed by atoms with E-state index in [0.29, 0.717) is 18.5 Å². The third kappa shape index (κ3) is 3.96. The molecular weight excluding hydrogens is 214 g/mol. The van der Waals surface area contributed by atoms with E-state index in [1.807, 2.05) is 0 Å². The molecule has 1 heterocycles. The molecule has 1 amide bonds. The number of nitrogens with one attached hydrogen (secondary N) is 1. The van der Waals surface area contributed by atoms with Gasteiger partial charge in [0.15, 0.2) is 0 Å². The van der Waals surface area contributed by atoms with Gasteiger partial charge in [0.25, 0.3) is 0 Å². The molecule has 0 bridgehead atoms. The molecule has 3 N–H and O–H groups in total. The molecule has 0 radical (unpaired) electrons. The van der Waals surface area contributed by atoms with E-state index in [1.54, 1.807) is 0 Å². The van der Waals surface area contributed by atoms with Crippen molar-refractivity contribution in [1.29, 1.82) is 0 Å². The number of amides is 1. The Morgan fingerprint density at radius 3 is 2.71 bits per heavy atom. The van der Waals surface area contributed by atoms with Gasteiger partial charge in [-0.25, -0.2) is 0 Å². The lowest BCUT2D eigenvalue weighted by Crippen LogP contribution is -2.45. The lowest BCUT2D eigenvalue weighted by molar-refractivity contribution is -0.123. The van der Waals surface area contributed by atoms with Gasteiger partial charge in [-0.2, -0.15) is 0 Å². The Morgan fingerprint density at radius 1 is 1.24 bits per heavy atom. The first-order valence-corrected chi connectivity index (χ1v) is 6.99. The Bertz CT molecular complexity index is 251. The molecule has 0 spiro atoms. The van der Waals surface area contributed by atoms with Gasteiger partial charge >= 0.3 is 0 Å². The Kier molecular flexibility index (Phi) is 4.80. The molecule has 2 rings (SSSR count). The van der Waals surface area contributed by atoms with Crippen LogP contribution in [0.1, 0.15) is 38.5 Å². The SMILES string of the molecule is NCC1CCCN(CC(=O)NC2CCCC2)C1. The Hall–Kier alpha value is -0.610. The maximum Gasteiger partial charge on any atom is 0.234 e. The van der Waals surface area contributed by atoms with Crippen molar-refractivity contribution in [1.82, 2.24) is 10.2 Å². The molecule has 1 aliphatic carbocycles. The maximum absolute atomic E-state index is 11.9. The van der Waals surface area contributed by atoms with E-state index in [4.69, 9.17) is 5.73 Å². The molecular formula is C13H25N3O. The highest BCUT2D eigenvalue weighted by molar-refractivity contribution is 5.78. The van der Waals surface area contributed by atoms with Crippen molar-refractivity contribution in [2.24, 2.45) is 11.7 Å². The first-order chi connectivity index (χ1) is 8.28. The average molecular weight is 239 g/mol. The quantitative estimate of drug-likeness (QED) is 0.760. The van der Waals surface area contributed by atoms with Crippen molar-refractivity contribution in [2.75, 3.05) is 26.2 Å². The molecule has 1 saturated heterocycles. The molecule has 4 nitrogen and oxygen atoms in total. The number of hydrogen-bond donors (Lipinski definition) is 2. The molecule has 2 fully saturated rings. The predicted molar refractivity (Wildman–Crippen MR) is 68.6 cm³/mol. The number of carbonyl (C=O) groups is 1. The second-order valence-corrected chi connectivity index (χ2v) is 5.53. The minimum atomic E-state index is 0.203. The van der Waals surface area contributed by atoms with E-state index in [9.17, 15) is 4.79 Å². The second-order valence-electron chi connectivity index (χ2n) is 5.53. The Morgan fingerprint density at radius 2 is 2.00 bits per heavy atom. The molecule has 4 heteroatoms. The summed E-state index contributed by atoms with van der Waals surface area (Å²) in [6.07, 6.45) is 7.26. The van der Waals surface area contributed by atoms with Crippen molar-refractivity contribution < 1.29 is 4.79 Å². The molecule has 17 heavy (non-hydrogen) atoms. The van der Waals surface area contributed by atoms with Gasteiger partial charge < -0.3 is 11.1 Å². The van der Waals surface area contributed by atoms with Crippen LogP contribution in [0.15, 0.2) is 0 Å². The van der Waals surface area contributed by atoms with Crippen LogP contribution in [0.5, 0.6) is 0 Å². The van der Waals surface area contributed by atoms with Crippen molar-refractivity contribution in [2.45, 2.75) is 44.6 Å². The summed E-state index contributed by atoms with van der Waals surface area (Å²) in [4.78, 5) is 14.1. The standard InChI is InChI=1S/C13H25N3O/c14-8-11-4-3-7-16(9-11)10-13(17)15-12-5-1-2-6-12/h11-12H,1-10,14H2,(H,15,17). The molecule has 1 saturated carbocycles. The molecule has 0 aromatic rings. The molecule has 1 atom stereocenters. The van der Waals surface area contributed by atoms with Crippen LogP contribution < -0.4 is 11.1 Å². The summed E-state index contributed by atoms with van der Waals surface area (Å²) in [6, 6.07) is 0.442. The van der Waals surface area contributed by atoms with Crippen LogP contribution in [-0.4, -0.2) is 43.0 Å². The monoisotopic (exact) mass is 239 g/mol. The van der Waals surface area contributed by atoms with E-state index in [0.717, 1.165) is 32.5 Å². The van der Waals surface area contributed by atoms with E-state index in [1.165, 1.54) is 25.7 Å². The number of nitrogens with two attached hydrogens (primary N) is 1. The minimum Gasteiger partial charge on any atom is -0.352 e. The summed E-state index contributed by atoms with van der Waals surface area (Å²) in [5.74, 6) is 0.789. The summed E-state index contributed by atoms with van der Waals surface area (Å²) in [5.41, 5.74) is 5.70. The maximum atomic E-state index is 11.9. The summed E-state index contributed by atoms with van der Waals surface area (Å²) >= 11 is 0. The van der Waals surface area contributed by atoms with Crippen LogP contribution in [-0.2, 0) is 4.79 Å². The fourth-order valence-corrected chi connectivity index (χ4v) is 3.03. The average Bonchev–Trinajstić information content (AvgIpc) is 2.82. The number of rotatable bonds is 4. The van der Waals surface area contributed by atoms with Gasteiger partial charge in [-0.05, 0) is 44.7 Å². The lowest BCUT2D eigenvalue weighted by Gasteiger charge is -2.31. The number of piperidine rings is 1. The smallest absolute Gasteiger partial charge is 0.234 e. The topological polar surface area (TPSA) is 58.4 Å². The third-order valence-corrected chi connectivity index (χ3v) is 4.02. The third-order valence-electron chi connectivity index (χ3n) is 4.02. The van der Waals surface area contributed by atoms with Crippen LogP contribution in [0.4, 0.5) is 0 Å². The molecule has 2 aliphatic rings.